The van der Waals surface area contributed by atoms with E-state index in [4.69, 9.17) is 14.2 Å². The molecule has 0 aromatic rings. The second-order valence-electron chi connectivity index (χ2n) is 16.7. The highest BCUT2D eigenvalue weighted by molar-refractivity contribution is 5.71. The molecule has 1 atom stereocenters. The van der Waals surface area contributed by atoms with E-state index in [1.54, 1.807) is 0 Å². The van der Waals surface area contributed by atoms with Crippen LogP contribution in [0.2, 0.25) is 0 Å². The summed E-state index contributed by atoms with van der Waals surface area (Å²) < 4.78 is 16.7. The van der Waals surface area contributed by atoms with Crippen LogP contribution in [-0.2, 0) is 28.6 Å². The molecule has 0 rings (SSSR count). The third kappa shape index (κ3) is 46.3. The fourth-order valence-electron chi connectivity index (χ4n) is 6.98. The van der Waals surface area contributed by atoms with Crippen molar-refractivity contribution in [3.8, 4) is 0 Å². The minimum absolute atomic E-state index is 0.0798. The fraction of sp³-hybridized carbons (Fsp3) is 0.792. The van der Waals surface area contributed by atoms with Crippen molar-refractivity contribution in [1.82, 2.24) is 0 Å². The zero-order valence-corrected chi connectivity index (χ0v) is 39.0. The smallest absolute Gasteiger partial charge is 0.306 e. The molecule has 0 aliphatic rings. The van der Waals surface area contributed by atoms with Gasteiger partial charge in [0.15, 0.2) is 6.10 Å². The molecule has 0 radical (unpaired) electrons. The summed E-state index contributed by atoms with van der Waals surface area (Å²) in [6, 6.07) is 0. The van der Waals surface area contributed by atoms with Crippen molar-refractivity contribution in [3.63, 3.8) is 0 Å². The van der Waals surface area contributed by atoms with E-state index in [1.807, 2.05) is 0 Å². The van der Waals surface area contributed by atoms with Gasteiger partial charge in [-0.05, 0) is 77.0 Å². The minimum Gasteiger partial charge on any atom is -0.462 e. The predicted octanol–water partition coefficient (Wildman–Crippen LogP) is 16.3. The van der Waals surface area contributed by atoms with Crippen molar-refractivity contribution in [2.24, 2.45) is 0 Å². The number of carbonyl (C=O) groups excluding carboxylic acids is 3. The van der Waals surface area contributed by atoms with E-state index in [1.165, 1.54) is 109 Å². The van der Waals surface area contributed by atoms with Gasteiger partial charge >= 0.3 is 17.9 Å². The Balaban J connectivity index is 4.35. The Labute approximate surface area is 365 Å². The summed E-state index contributed by atoms with van der Waals surface area (Å²) in [5.74, 6) is -0.899. The molecule has 6 heteroatoms. The summed E-state index contributed by atoms with van der Waals surface area (Å²) >= 11 is 0. The van der Waals surface area contributed by atoms with E-state index in [2.05, 4.69) is 69.4 Å². The maximum Gasteiger partial charge on any atom is 0.306 e. The van der Waals surface area contributed by atoms with E-state index in [9.17, 15) is 14.4 Å². The van der Waals surface area contributed by atoms with Gasteiger partial charge in [-0.15, -0.1) is 0 Å². The summed E-state index contributed by atoms with van der Waals surface area (Å²) in [7, 11) is 0. The molecule has 342 valence electrons. The molecule has 0 heterocycles. The molecule has 6 nitrogen and oxygen atoms in total. The Morgan fingerprint density at radius 2 is 0.644 bits per heavy atom. The van der Waals surface area contributed by atoms with Crippen LogP contribution in [0.3, 0.4) is 0 Å². The van der Waals surface area contributed by atoms with Crippen molar-refractivity contribution in [2.75, 3.05) is 13.2 Å². The van der Waals surface area contributed by atoms with E-state index < -0.39 is 6.10 Å². The van der Waals surface area contributed by atoms with E-state index in [0.29, 0.717) is 19.3 Å². The molecular formula is C53H94O6. The van der Waals surface area contributed by atoms with Crippen LogP contribution in [0.5, 0.6) is 0 Å². The van der Waals surface area contributed by atoms with Gasteiger partial charge in [0.2, 0.25) is 0 Å². The topological polar surface area (TPSA) is 78.9 Å². The molecular weight excluding hydrogens is 733 g/mol. The minimum atomic E-state index is -0.779. The number of unbranched alkanes of at least 4 members (excludes halogenated alkanes) is 26. The third-order valence-corrected chi connectivity index (χ3v) is 10.8. The van der Waals surface area contributed by atoms with Crippen LogP contribution in [0.15, 0.2) is 48.6 Å². The summed E-state index contributed by atoms with van der Waals surface area (Å²) in [5, 5.41) is 0. The van der Waals surface area contributed by atoms with Gasteiger partial charge in [-0.25, -0.2) is 0 Å². The normalized spacial score (nSPS) is 12.4. The standard InChI is InChI=1S/C53H94O6/c1-4-7-10-13-16-19-22-24-25-26-27-28-30-31-34-37-40-43-46-52(55)58-49-50(48-57-51(54)45-42-39-36-33-21-18-15-12-9-6-3)59-53(56)47-44-41-38-35-32-29-23-20-17-14-11-8-5-2/h11,14,19-20,22-23,25-26,50H,4-10,12-13,15-18,21,24,27-49H2,1-3H3/b14-11-,22-19-,23-20-,26-25-. The number of esters is 3. The van der Waals surface area contributed by atoms with Gasteiger partial charge in [0, 0.05) is 19.3 Å². The number of allylic oxidation sites excluding steroid dienone is 8. The second-order valence-corrected chi connectivity index (χ2v) is 16.7. The molecule has 0 aliphatic carbocycles. The fourth-order valence-corrected chi connectivity index (χ4v) is 6.98. The number of rotatable bonds is 45. The molecule has 0 amide bonds. The lowest BCUT2D eigenvalue weighted by molar-refractivity contribution is -0.167. The second kappa shape index (κ2) is 48.0. The molecule has 0 spiro atoms. The van der Waals surface area contributed by atoms with Gasteiger partial charge < -0.3 is 14.2 Å². The van der Waals surface area contributed by atoms with Crippen LogP contribution >= 0.6 is 0 Å². The number of hydrogen-bond donors (Lipinski definition) is 0. The zero-order chi connectivity index (χ0) is 43.0. The monoisotopic (exact) mass is 827 g/mol. The largest absolute Gasteiger partial charge is 0.462 e. The molecule has 0 N–H and O–H groups in total. The summed E-state index contributed by atoms with van der Waals surface area (Å²) in [4.78, 5) is 37.8. The van der Waals surface area contributed by atoms with Gasteiger partial charge in [-0.1, -0.05) is 204 Å². The first-order chi connectivity index (χ1) is 29.0. The van der Waals surface area contributed by atoms with Crippen LogP contribution in [0, 0.1) is 0 Å². The molecule has 0 fully saturated rings. The number of ether oxygens (including phenoxy) is 3. The Kier molecular flexibility index (Phi) is 45.9. The van der Waals surface area contributed by atoms with E-state index in [-0.39, 0.29) is 31.1 Å². The van der Waals surface area contributed by atoms with E-state index >= 15 is 0 Å². The van der Waals surface area contributed by atoms with Crippen molar-refractivity contribution in [3.05, 3.63) is 48.6 Å². The molecule has 0 saturated heterocycles. The van der Waals surface area contributed by atoms with Crippen molar-refractivity contribution in [1.29, 1.82) is 0 Å². The number of carbonyl (C=O) groups is 3. The zero-order valence-electron chi connectivity index (χ0n) is 39.0. The van der Waals surface area contributed by atoms with Crippen LogP contribution in [-0.4, -0.2) is 37.2 Å². The molecule has 0 bridgehead atoms. The lowest BCUT2D eigenvalue weighted by Crippen LogP contribution is -2.30. The summed E-state index contributed by atoms with van der Waals surface area (Å²) in [6.07, 6.45) is 56.6. The van der Waals surface area contributed by atoms with Crippen molar-refractivity contribution >= 4 is 17.9 Å². The quantitative estimate of drug-likeness (QED) is 0.0263. The highest BCUT2D eigenvalue weighted by atomic mass is 16.6. The highest BCUT2D eigenvalue weighted by Gasteiger charge is 2.19. The molecule has 0 aliphatic heterocycles. The molecule has 0 aromatic carbocycles. The van der Waals surface area contributed by atoms with Crippen molar-refractivity contribution < 1.29 is 28.6 Å². The predicted molar refractivity (Wildman–Crippen MR) is 252 cm³/mol. The van der Waals surface area contributed by atoms with Crippen molar-refractivity contribution in [2.45, 2.75) is 258 Å². The average Bonchev–Trinajstić information content (AvgIpc) is 3.23. The molecule has 59 heavy (non-hydrogen) atoms. The first kappa shape index (κ1) is 56.4. The van der Waals surface area contributed by atoms with Gasteiger partial charge in [-0.2, -0.15) is 0 Å². The first-order valence-corrected chi connectivity index (χ1v) is 25.1. The highest BCUT2D eigenvalue weighted by Crippen LogP contribution is 2.14. The molecule has 0 aromatic heterocycles. The summed E-state index contributed by atoms with van der Waals surface area (Å²) in [6.45, 7) is 6.53. The van der Waals surface area contributed by atoms with Crippen LogP contribution in [0.25, 0.3) is 0 Å². The Morgan fingerprint density at radius 1 is 0.339 bits per heavy atom. The van der Waals surface area contributed by atoms with Crippen LogP contribution < -0.4 is 0 Å². The van der Waals surface area contributed by atoms with Crippen LogP contribution in [0.1, 0.15) is 252 Å². The van der Waals surface area contributed by atoms with Gasteiger partial charge in [0.25, 0.3) is 0 Å². The SMILES string of the molecule is CCC/C=C\C/C=C\CCCCCCCC(=O)OC(COC(=O)CCCCCCCCC/C=C\C/C=C\CCCCCC)COC(=O)CCCCCCCCCCCC. The van der Waals surface area contributed by atoms with Crippen LogP contribution in [0.4, 0.5) is 0 Å². The van der Waals surface area contributed by atoms with Gasteiger partial charge in [0.1, 0.15) is 13.2 Å². The lowest BCUT2D eigenvalue weighted by atomic mass is 10.1. The Bertz CT molecular complexity index is 1040. The van der Waals surface area contributed by atoms with Gasteiger partial charge in [0.05, 0.1) is 0 Å². The maximum atomic E-state index is 12.7. The third-order valence-electron chi connectivity index (χ3n) is 10.8. The first-order valence-electron chi connectivity index (χ1n) is 25.1. The average molecular weight is 827 g/mol. The maximum absolute atomic E-state index is 12.7. The lowest BCUT2D eigenvalue weighted by Gasteiger charge is -2.18. The Morgan fingerprint density at radius 3 is 1.02 bits per heavy atom. The van der Waals surface area contributed by atoms with Gasteiger partial charge in [-0.3, -0.25) is 14.4 Å². The van der Waals surface area contributed by atoms with E-state index in [0.717, 1.165) is 103 Å². The molecule has 0 saturated carbocycles. The number of hydrogen-bond acceptors (Lipinski definition) is 6. The molecule has 1 unspecified atom stereocenters. The Hall–Kier alpha value is -2.63. The summed E-state index contributed by atoms with van der Waals surface area (Å²) in [5.41, 5.74) is 0.